The van der Waals surface area contributed by atoms with Gasteiger partial charge in [-0.15, -0.1) is 0 Å². The third kappa shape index (κ3) is 2.49. The summed E-state index contributed by atoms with van der Waals surface area (Å²) in [6.07, 6.45) is 7.76. The monoisotopic (exact) mass is 319 g/mol. The lowest BCUT2D eigenvalue weighted by atomic mass is 9.53. The van der Waals surface area contributed by atoms with Gasteiger partial charge in [-0.25, -0.2) is 4.98 Å². The first-order valence-corrected chi connectivity index (χ1v) is 8.89. The molecule has 2 heterocycles. The molecule has 3 rings (SSSR count). The van der Waals surface area contributed by atoms with E-state index in [1.807, 2.05) is 12.5 Å². The van der Waals surface area contributed by atoms with E-state index in [2.05, 4.69) is 35.6 Å². The summed E-state index contributed by atoms with van der Waals surface area (Å²) in [6.45, 7) is 7.50. The Morgan fingerprint density at radius 1 is 1.48 bits per heavy atom. The minimum atomic E-state index is 0.0689. The highest BCUT2D eigenvalue weighted by molar-refractivity contribution is 5.79. The standard InChI is InChI=1S/C18H29N3O2/c1-5-18(6-2)15(12(3)16(18)23-4)20-17(22)13-7-8-21-11-19-10-14(21)9-13/h10-13,15-16H,5-9H2,1-4H3,(H,20,22)/t12-,13+,15+,16-/m0/s1. The number of fused-ring (bicyclic) bond motifs is 1. The van der Waals surface area contributed by atoms with Gasteiger partial charge < -0.3 is 14.6 Å². The number of amides is 1. The summed E-state index contributed by atoms with van der Waals surface area (Å²) in [5.74, 6) is 0.646. The highest BCUT2D eigenvalue weighted by atomic mass is 16.5. The number of ether oxygens (including phenoxy) is 1. The molecule has 0 radical (unpaired) electrons. The smallest absolute Gasteiger partial charge is 0.223 e. The molecule has 1 fully saturated rings. The Morgan fingerprint density at radius 2 is 2.22 bits per heavy atom. The maximum atomic E-state index is 12.8. The molecule has 0 aromatic carbocycles. The molecule has 1 aliphatic heterocycles. The molecule has 1 amide bonds. The van der Waals surface area contributed by atoms with Gasteiger partial charge in [-0.1, -0.05) is 20.8 Å². The molecule has 0 saturated heterocycles. The molecule has 1 saturated carbocycles. The van der Waals surface area contributed by atoms with E-state index in [1.54, 1.807) is 7.11 Å². The van der Waals surface area contributed by atoms with Crippen LogP contribution in [0, 0.1) is 17.3 Å². The van der Waals surface area contributed by atoms with E-state index in [4.69, 9.17) is 4.74 Å². The van der Waals surface area contributed by atoms with Crippen molar-refractivity contribution in [3.63, 3.8) is 0 Å². The summed E-state index contributed by atoms with van der Waals surface area (Å²) >= 11 is 0. The van der Waals surface area contributed by atoms with Crippen LogP contribution in [0.15, 0.2) is 12.5 Å². The number of hydrogen-bond acceptors (Lipinski definition) is 3. The third-order valence-corrected chi connectivity index (χ3v) is 6.40. The maximum absolute atomic E-state index is 12.8. The fourth-order valence-electron chi connectivity index (χ4n) is 4.96. The second kappa shape index (κ2) is 6.27. The van der Waals surface area contributed by atoms with E-state index in [-0.39, 0.29) is 29.4 Å². The molecule has 1 aliphatic carbocycles. The Kier molecular flexibility index (Phi) is 4.50. The van der Waals surface area contributed by atoms with Crippen LogP contribution in [0.2, 0.25) is 0 Å². The van der Waals surface area contributed by atoms with Crippen molar-refractivity contribution >= 4 is 5.91 Å². The summed E-state index contributed by atoms with van der Waals surface area (Å²) < 4.78 is 7.88. The first-order valence-electron chi connectivity index (χ1n) is 8.89. The zero-order valence-corrected chi connectivity index (χ0v) is 14.7. The third-order valence-electron chi connectivity index (χ3n) is 6.40. The molecule has 5 heteroatoms. The van der Waals surface area contributed by atoms with E-state index >= 15 is 0 Å². The predicted molar refractivity (Wildman–Crippen MR) is 88.9 cm³/mol. The Labute approximate surface area is 138 Å². The van der Waals surface area contributed by atoms with E-state index in [1.165, 1.54) is 5.69 Å². The number of aryl methyl sites for hydroxylation is 1. The van der Waals surface area contributed by atoms with Gasteiger partial charge in [0, 0.05) is 55.3 Å². The minimum absolute atomic E-state index is 0.0689. The molecule has 2 aliphatic rings. The van der Waals surface area contributed by atoms with Crippen LogP contribution in [0.4, 0.5) is 0 Å². The maximum Gasteiger partial charge on any atom is 0.223 e. The number of hydrogen-bond donors (Lipinski definition) is 1. The highest BCUT2D eigenvalue weighted by Gasteiger charge is 2.59. The van der Waals surface area contributed by atoms with Gasteiger partial charge >= 0.3 is 0 Å². The molecular formula is C18H29N3O2. The van der Waals surface area contributed by atoms with Crippen LogP contribution in [0.25, 0.3) is 0 Å². The Balaban J connectivity index is 1.68. The zero-order chi connectivity index (χ0) is 16.6. The predicted octanol–water partition coefficient (Wildman–Crippen LogP) is 2.40. The van der Waals surface area contributed by atoms with Gasteiger partial charge in [0.1, 0.15) is 0 Å². The average molecular weight is 319 g/mol. The van der Waals surface area contributed by atoms with Crippen LogP contribution in [0.1, 0.15) is 45.7 Å². The van der Waals surface area contributed by atoms with Crippen molar-refractivity contribution in [3.8, 4) is 0 Å². The molecule has 0 spiro atoms. The van der Waals surface area contributed by atoms with E-state index < -0.39 is 0 Å². The van der Waals surface area contributed by atoms with Crippen molar-refractivity contribution < 1.29 is 9.53 Å². The molecule has 5 nitrogen and oxygen atoms in total. The highest BCUT2D eigenvalue weighted by Crippen LogP contribution is 2.52. The molecule has 1 aromatic rings. The van der Waals surface area contributed by atoms with Crippen LogP contribution in [-0.2, 0) is 22.5 Å². The number of rotatable bonds is 5. The number of carbonyl (C=O) groups excluding carboxylic acids is 1. The normalized spacial score (nSPS) is 32.0. The van der Waals surface area contributed by atoms with Crippen LogP contribution >= 0.6 is 0 Å². The first kappa shape index (κ1) is 16.5. The van der Waals surface area contributed by atoms with Gasteiger partial charge in [-0.3, -0.25) is 4.79 Å². The Morgan fingerprint density at radius 3 is 2.87 bits per heavy atom. The summed E-state index contributed by atoms with van der Waals surface area (Å²) in [7, 11) is 1.79. The first-order chi connectivity index (χ1) is 11.1. The molecule has 128 valence electrons. The quantitative estimate of drug-likeness (QED) is 0.907. The minimum Gasteiger partial charge on any atom is -0.380 e. The number of nitrogens with one attached hydrogen (secondary N) is 1. The summed E-state index contributed by atoms with van der Waals surface area (Å²) in [6, 6.07) is 0.224. The van der Waals surface area contributed by atoms with Gasteiger partial charge in [0.25, 0.3) is 0 Å². The number of imidazole rings is 1. The average Bonchev–Trinajstić information content (AvgIpc) is 3.04. The van der Waals surface area contributed by atoms with E-state index in [0.29, 0.717) is 5.92 Å². The number of methoxy groups -OCH3 is 1. The lowest BCUT2D eigenvalue weighted by molar-refractivity contribution is -0.173. The zero-order valence-electron chi connectivity index (χ0n) is 14.7. The van der Waals surface area contributed by atoms with E-state index in [9.17, 15) is 4.79 Å². The fourth-order valence-corrected chi connectivity index (χ4v) is 4.96. The van der Waals surface area contributed by atoms with Crippen molar-refractivity contribution in [2.45, 2.75) is 65.1 Å². The topological polar surface area (TPSA) is 56.2 Å². The molecule has 0 bridgehead atoms. The number of aromatic nitrogens is 2. The lowest BCUT2D eigenvalue weighted by Crippen LogP contribution is -2.70. The molecule has 23 heavy (non-hydrogen) atoms. The van der Waals surface area contributed by atoms with Crippen molar-refractivity contribution in [1.29, 1.82) is 0 Å². The molecule has 4 atom stereocenters. The number of nitrogens with zero attached hydrogens (tertiary/aromatic N) is 2. The molecule has 0 unspecified atom stereocenters. The lowest BCUT2D eigenvalue weighted by Gasteiger charge is -2.60. The summed E-state index contributed by atoms with van der Waals surface area (Å²) in [5, 5.41) is 3.37. The van der Waals surface area contributed by atoms with Crippen LogP contribution in [0.5, 0.6) is 0 Å². The van der Waals surface area contributed by atoms with Crippen molar-refractivity contribution in [1.82, 2.24) is 14.9 Å². The van der Waals surface area contributed by atoms with Gasteiger partial charge in [0.2, 0.25) is 5.91 Å². The van der Waals surface area contributed by atoms with Crippen LogP contribution in [-0.4, -0.2) is 34.7 Å². The Hall–Kier alpha value is -1.36. The second-order valence-corrected chi connectivity index (χ2v) is 7.21. The molecular weight excluding hydrogens is 290 g/mol. The van der Waals surface area contributed by atoms with Crippen LogP contribution < -0.4 is 5.32 Å². The van der Waals surface area contributed by atoms with Crippen LogP contribution in [0.3, 0.4) is 0 Å². The van der Waals surface area contributed by atoms with Gasteiger partial charge in [-0.2, -0.15) is 0 Å². The summed E-state index contributed by atoms with van der Waals surface area (Å²) in [4.78, 5) is 17.0. The van der Waals surface area contributed by atoms with Crippen molar-refractivity contribution in [2.24, 2.45) is 17.3 Å². The summed E-state index contributed by atoms with van der Waals surface area (Å²) in [5.41, 5.74) is 1.25. The van der Waals surface area contributed by atoms with Gasteiger partial charge in [-0.05, 0) is 19.3 Å². The van der Waals surface area contributed by atoms with Crippen molar-refractivity contribution in [3.05, 3.63) is 18.2 Å². The second-order valence-electron chi connectivity index (χ2n) is 7.21. The fraction of sp³-hybridized carbons (Fsp3) is 0.778. The Bertz CT molecular complexity index is 564. The van der Waals surface area contributed by atoms with E-state index in [0.717, 1.165) is 32.2 Å². The van der Waals surface area contributed by atoms with Gasteiger partial charge in [0.05, 0.1) is 12.4 Å². The van der Waals surface area contributed by atoms with Gasteiger partial charge in [0.15, 0.2) is 0 Å². The molecule has 1 N–H and O–H groups in total. The van der Waals surface area contributed by atoms with Crippen molar-refractivity contribution in [2.75, 3.05) is 7.11 Å². The molecule has 1 aromatic heterocycles. The SMILES string of the molecule is CCC1(CC)[C@H](NC(=O)[C@@H]2CCn3cncc3C2)[C@H](C)[C@@H]1OC. The number of carbonyl (C=O) groups is 1. The largest absolute Gasteiger partial charge is 0.380 e.